The number of aromatic nitrogens is 3. The number of nitrogens with zero attached hydrogens (tertiary/aromatic N) is 1. The second-order valence-corrected chi connectivity index (χ2v) is 7.80. The summed E-state index contributed by atoms with van der Waals surface area (Å²) in [5.41, 5.74) is 3.70. The van der Waals surface area contributed by atoms with Crippen LogP contribution in [0.2, 0.25) is 5.02 Å². The first kappa shape index (κ1) is 18.4. The molecule has 3 heterocycles. The molecular weight excluding hydrogens is 418 g/mol. The number of aromatic amines is 3. The summed E-state index contributed by atoms with van der Waals surface area (Å²) in [4.78, 5) is 21.8. The van der Waals surface area contributed by atoms with E-state index < -0.39 is 5.92 Å². The number of halogens is 1. The van der Waals surface area contributed by atoms with Gasteiger partial charge in [0.1, 0.15) is 5.82 Å². The number of para-hydroxylation sites is 1. The quantitative estimate of drug-likeness (QED) is 0.333. The molecule has 1 unspecified atom stereocenters. The van der Waals surface area contributed by atoms with Crippen LogP contribution in [0.3, 0.4) is 0 Å². The van der Waals surface area contributed by atoms with Crippen molar-refractivity contribution < 1.29 is 0 Å². The molecule has 0 amide bonds. The molecule has 0 radical (unpaired) electrons. The largest absolute Gasteiger partial charge is 0.360 e. The average Bonchev–Trinajstić information content (AvgIpc) is 3.17. The number of H-pyrrole nitrogens is 3. The Hall–Kier alpha value is -3.60. The van der Waals surface area contributed by atoms with Crippen molar-refractivity contribution in [3.8, 4) is 6.07 Å². The van der Waals surface area contributed by atoms with Crippen LogP contribution in [0.25, 0.3) is 16.6 Å². The van der Waals surface area contributed by atoms with Crippen LogP contribution in [0.5, 0.6) is 0 Å². The van der Waals surface area contributed by atoms with Crippen LogP contribution >= 0.6 is 23.8 Å². The summed E-state index contributed by atoms with van der Waals surface area (Å²) >= 11 is 11.2. The van der Waals surface area contributed by atoms with Gasteiger partial charge >= 0.3 is 0 Å². The molecule has 30 heavy (non-hydrogen) atoms. The van der Waals surface area contributed by atoms with Crippen molar-refractivity contribution >= 4 is 46.2 Å². The zero-order valence-electron chi connectivity index (χ0n) is 15.4. The molecule has 6 nitrogen and oxygen atoms in total. The third kappa shape index (κ3) is 2.86. The van der Waals surface area contributed by atoms with Gasteiger partial charge in [-0.25, -0.2) is 0 Å². The van der Waals surface area contributed by atoms with Crippen molar-refractivity contribution in [1.82, 2.24) is 15.0 Å². The molecule has 4 aromatic rings. The predicted molar refractivity (Wildman–Crippen MR) is 120 cm³/mol. The number of fused-ring (bicyclic) bond motifs is 2. The minimum atomic E-state index is -0.581. The fraction of sp³-hybridized carbons (Fsp3) is 0.0455. The van der Waals surface area contributed by atoms with E-state index in [1.807, 2.05) is 42.6 Å². The van der Waals surface area contributed by atoms with Crippen molar-refractivity contribution in [2.75, 3.05) is 5.32 Å². The number of rotatable bonds is 2. The number of anilines is 1. The van der Waals surface area contributed by atoms with Crippen LogP contribution in [0, 0.1) is 16.1 Å². The fourth-order valence-corrected chi connectivity index (χ4v) is 4.27. The van der Waals surface area contributed by atoms with Crippen LogP contribution in [0.1, 0.15) is 22.6 Å². The van der Waals surface area contributed by atoms with Crippen molar-refractivity contribution in [2.24, 2.45) is 0 Å². The molecule has 0 saturated carbocycles. The Kier molecular flexibility index (Phi) is 4.31. The van der Waals surface area contributed by atoms with E-state index in [2.05, 4.69) is 26.3 Å². The van der Waals surface area contributed by atoms with Crippen molar-refractivity contribution in [1.29, 1.82) is 5.26 Å². The highest BCUT2D eigenvalue weighted by molar-refractivity contribution is 7.71. The van der Waals surface area contributed by atoms with E-state index in [0.717, 1.165) is 22.0 Å². The molecule has 4 N–H and O–H groups in total. The van der Waals surface area contributed by atoms with E-state index in [4.69, 9.17) is 23.8 Å². The van der Waals surface area contributed by atoms with E-state index >= 15 is 0 Å². The van der Waals surface area contributed by atoms with Gasteiger partial charge in [0, 0.05) is 27.7 Å². The Morgan fingerprint density at radius 3 is 2.60 bits per heavy atom. The molecule has 2 aromatic heterocycles. The van der Waals surface area contributed by atoms with Crippen molar-refractivity contribution in [3.05, 3.63) is 97.1 Å². The summed E-state index contributed by atoms with van der Waals surface area (Å²) in [7, 11) is 0. The van der Waals surface area contributed by atoms with Gasteiger partial charge in [-0.15, -0.1) is 0 Å². The maximum Gasteiger partial charge on any atom is 0.258 e. The normalized spacial score (nSPS) is 15.5. The summed E-state index contributed by atoms with van der Waals surface area (Å²) in [6.07, 6.45) is 1.86. The maximum atomic E-state index is 12.9. The number of benzene rings is 2. The summed E-state index contributed by atoms with van der Waals surface area (Å²) < 4.78 is 0.208. The molecule has 1 aliphatic rings. The molecule has 1 atom stereocenters. The molecule has 0 aliphatic carbocycles. The van der Waals surface area contributed by atoms with Crippen molar-refractivity contribution in [2.45, 2.75) is 5.92 Å². The molecule has 0 fully saturated rings. The van der Waals surface area contributed by atoms with Gasteiger partial charge in [-0.3, -0.25) is 9.78 Å². The number of allylic oxidation sites excluding steroid dienone is 1. The van der Waals surface area contributed by atoms with E-state index in [1.165, 1.54) is 0 Å². The number of nitrogens with one attached hydrogen (secondary N) is 4. The van der Waals surface area contributed by atoms with Gasteiger partial charge in [-0.2, -0.15) is 5.26 Å². The van der Waals surface area contributed by atoms with Gasteiger partial charge in [0.2, 0.25) is 0 Å². The van der Waals surface area contributed by atoms with Crippen LogP contribution < -0.4 is 10.9 Å². The second-order valence-electron chi connectivity index (χ2n) is 6.95. The lowest BCUT2D eigenvalue weighted by molar-refractivity contribution is 0.904. The van der Waals surface area contributed by atoms with Crippen LogP contribution in [0.15, 0.2) is 65.1 Å². The summed E-state index contributed by atoms with van der Waals surface area (Å²) in [5.74, 6) is -0.106. The highest BCUT2D eigenvalue weighted by Gasteiger charge is 2.33. The molecule has 146 valence electrons. The van der Waals surface area contributed by atoms with Crippen molar-refractivity contribution in [3.63, 3.8) is 0 Å². The first-order chi connectivity index (χ1) is 14.6. The Labute approximate surface area is 180 Å². The first-order valence-corrected chi connectivity index (χ1v) is 9.95. The number of hydrogen-bond acceptors (Lipinski definition) is 4. The van der Waals surface area contributed by atoms with Crippen LogP contribution in [-0.2, 0) is 0 Å². The third-order valence-electron chi connectivity index (χ3n) is 5.26. The molecule has 5 rings (SSSR count). The molecule has 8 heteroatoms. The summed E-state index contributed by atoms with van der Waals surface area (Å²) in [6, 6.07) is 17.3. The van der Waals surface area contributed by atoms with Gasteiger partial charge in [0.25, 0.3) is 5.56 Å². The summed E-state index contributed by atoms with van der Waals surface area (Å²) in [5, 5.41) is 15.0. The SMILES string of the molecule is N#CC1=C(c2c[nH]c3ccccc23)Nc2[nH]c(=S)[nH]c(=O)c2C1c1ccc(Cl)cc1. The Morgan fingerprint density at radius 1 is 1.07 bits per heavy atom. The fourth-order valence-electron chi connectivity index (χ4n) is 3.95. The minimum absolute atomic E-state index is 0.208. The Bertz CT molecular complexity index is 1490. The van der Waals surface area contributed by atoms with E-state index in [9.17, 15) is 10.1 Å². The molecule has 0 spiro atoms. The van der Waals surface area contributed by atoms with Crippen LogP contribution in [-0.4, -0.2) is 15.0 Å². The molecular formula is C22H14ClN5OS. The van der Waals surface area contributed by atoms with Gasteiger partial charge in [-0.1, -0.05) is 41.9 Å². The van der Waals surface area contributed by atoms with E-state index in [0.29, 0.717) is 27.7 Å². The van der Waals surface area contributed by atoms with E-state index in [-0.39, 0.29) is 10.3 Å². The Morgan fingerprint density at radius 2 is 1.83 bits per heavy atom. The molecule has 2 aromatic carbocycles. The highest BCUT2D eigenvalue weighted by Crippen LogP contribution is 2.43. The van der Waals surface area contributed by atoms with Gasteiger partial charge in [0.15, 0.2) is 4.77 Å². The predicted octanol–water partition coefficient (Wildman–Crippen LogP) is 5.06. The third-order valence-corrected chi connectivity index (χ3v) is 5.71. The zero-order valence-corrected chi connectivity index (χ0v) is 17.0. The average molecular weight is 432 g/mol. The standard InChI is InChI=1S/C22H14ClN5OS/c23-12-7-5-11(6-8-12)17-14(9-24)19(15-10-25-16-4-2-1-3-13(15)16)26-20-18(17)21(29)28-22(30)27-20/h1-8,10,17,25H,(H3,26,27,28,29,30). The van der Waals surface area contributed by atoms with Crippen LogP contribution in [0.4, 0.5) is 5.82 Å². The second kappa shape index (κ2) is 7.02. The lowest BCUT2D eigenvalue weighted by Crippen LogP contribution is -2.27. The van der Waals surface area contributed by atoms with E-state index in [1.54, 1.807) is 12.1 Å². The zero-order chi connectivity index (χ0) is 20.8. The van der Waals surface area contributed by atoms with Gasteiger partial charge < -0.3 is 15.3 Å². The monoisotopic (exact) mass is 431 g/mol. The lowest BCUT2D eigenvalue weighted by Gasteiger charge is -2.28. The lowest BCUT2D eigenvalue weighted by atomic mass is 9.81. The number of nitriles is 1. The summed E-state index contributed by atoms with van der Waals surface area (Å²) in [6.45, 7) is 0. The number of hydrogen-bond donors (Lipinski definition) is 4. The molecule has 0 bridgehead atoms. The minimum Gasteiger partial charge on any atom is -0.360 e. The Balaban J connectivity index is 1.84. The molecule has 1 aliphatic heterocycles. The van der Waals surface area contributed by atoms with Gasteiger partial charge in [0.05, 0.1) is 28.8 Å². The maximum absolute atomic E-state index is 12.9. The smallest absolute Gasteiger partial charge is 0.258 e. The van der Waals surface area contributed by atoms with Gasteiger partial charge in [-0.05, 0) is 36.0 Å². The topological polar surface area (TPSA) is 100 Å². The first-order valence-electron chi connectivity index (χ1n) is 9.16. The molecule has 0 saturated heterocycles. The highest BCUT2D eigenvalue weighted by atomic mass is 35.5.